The number of nitrogens with zero attached hydrogens (tertiary/aromatic N) is 1. The molecule has 32 heavy (non-hydrogen) atoms. The van der Waals surface area contributed by atoms with Crippen molar-refractivity contribution >= 4 is 37.6 Å². The molecule has 2 aromatic carbocycles. The molecule has 0 spiro atoms. The van der Waals surface area contributed by atoms with Gasteiger partial charge >= 0.3 is 0 Å². The molecule has 2 aromatic rings. The van der Waals surface area contributed by atoms with E-state index in [0.29, 0.717) is 19.5 Å². The highest BCUT2D eigenvalue weighted by atomic mass is 35.5. The molecule has 1 aliphatic heterocycles. The zero-order chi connectivity index (χ0) is 23.5. The summed E-state index contributed by atoms with van der Waals surface area (Å²) in [5.74, 6) is -0.158. The van der Waals surface area contributed by atoms with Crippen LogP contribution in [0.2, 0.25) is 5.02 Å². The van der Waals surface area contributed by atoms with E-state index in [2.05, 4.69) is 5.32 Å². The van der Waals surface area contributed by atoms with Crippen LogP contribution in [0.3, 0.4) is 0 Å². The summed E-state index contributed by atoms with van der Waals surface area (Å²) in [5.41, 5.74) is 1.01. The minimum Gasteiger partial charge on any atom is -0.352 e. The number of hydrogen-bond donors (Lipinski definition) is 2. The summed E-state index contributed by atoms with van der Waals surface area (Å²) in [6.45, 7) is 3.15. The van der Waals surface area contributed by atoms with E-state index in [0.717, 1.165) is 18.4 Å². The van der Waals surface area contributed by atoms with Gasteiger partial charge in [-0.2, -0.15) is 4.31 Å². The quantitative estimate of drug-likeness (QED) is 0.604. The summed E-state index contributed by atoms with van der Waals surface area (Å²) in [5, 5.41) is 7.90. The second-order valence-corrected chi connectivity index (χ2v) is 11.8. The van der Waals surface area contributed by atoms with Crippen LogP contribution < -0.4 is 10.5 Å². The van der Waals surface area contributed by atoms with Gasteiger partial charge in [-0.25, -0.2) is 22.0 Å². The average Bonchev–Trinajstić information content (AvgIpc) is 2.73. The second-order valence-electron chi connectivity index (χ2n) is 7.95. The predicted molar refractivity (Wildman–Crippen MR) is 122 cm³/mol. The van der Waals surface area contributed by atoms with E-state index in [4.69, 9.17) is 16.7 Å². The molecular formula is C21H26ClN3O5S2. The topological polar surface area (TPSA) is 127 Å². The van der Waals surface area contributed by atoms with Crippen LogP contribution in [-0.4, -0.2) is 46.7 Å². The Kier molecular flexibility index (Phi) is 7.61. The lowest BCUT2D eigenvalue weighted by atomic mass is 10.0. The number of piperidine rings is 1. The van der Waals surface area contributed by atoms with E-state index in [-0.39, 0.29) is 32.8 Å². The third-order valence-corrected chi connectivity index (χ3v) is 8.66. The largest absolute Gasteiger partial charge is 0.352 e. The van der Waals surface area contributed by atoms with Gasteiger partial charge in [0, 0.05) is 25.2 Å². The fraction of sp³-hybridized carbons (Fsp3) is 0.381. The molecule has 0 saturated carbocycles. The maximum absolute atomic E-state index is 13.1. The Balaban J connectivity index is 1.67. The maximum atomic E-state index is 13.1. The number of sulfonamides is 2. The zero-order valence-corrected chi connectivity index (χ0v) is 20.0. The summed E-state index contributed by atoms with van der Waals surface area (Å²) < 4.78 is 50.2. The molecule has 1 atom stereocenters. The Labute approximate surface area is 193 Å². The van der Waals surface area contributed by atoms with Gasteiger partial charge < -0.3 is 5.32 Å². The summed E-state index contributed by atoms with van der Waals surface area (Å²) in [6, 6.07) is 10.3. The van der Waals surface area contributed by atoms with Crippen molar-refractivity contribution in [2.24, 2.45) is 11.1 Å². The molecule has 3 rings (SSSR count). The Bertz CT molecular complexity index is 1200. The van der Waals surface area contributed by atoms with Gasteiger partial charge in [0.15, 0.2) is 0 Å². The van der Waals surface area contributed by atoms with E-state index in [1.165, 1.54) is 34.6 Å². The summed E-state index contributed by atoms with van der Waals surface area (Å²) in [6.07, 6.45) is 2.23. The van der Waals surface area contributed by atoms with Crippen molar-refractivity contribution in [1.29, 1.82) is 0 Å². The van der Waals surface area contributed by atoms with Crippen molar-refractivity contribution in [3.8, 4) is 0 Å². The highest BCUT2D eigenvalue weighted by Gasteiger charge is 2.30. The number of rotatable bonds is 7. The molecule has 0 aromatic heterocycles. The average molecular weight is 500 g/mol. The lowest BCUT2D eigenvalue weighted by molar-refractivity contribution is 0.0954. The van der Waals surface area contributed by atoms with Crippen LogP contribution in [0, 0.1) is 5.92 Å². The molecule has 1 amide bonds. The van der Waals surface area contributed by atoms with Crippen LogP contribution in [0.4, 0.5) is 0 Å². The van der Waals surface area contributed by atoms with E-state index in [9.17, 15) is 21.6 Å². The van der Waals surface area contributed by atoms with Crippen LogP contribution in [0.1, 0.15) is 35.7 Å². The van der Waals surface area contributed by atoms with Gasteiger partial charge in [0.2, 0.25) is 20.0 Å². The van der Waals surface area contributed by atoms with Crippen molar-refractivity contribution in [3.63, 3.8) is 0 Å². The highest BCUT2D eigenvalue weighted by Crippen LogP contribution is 2.29. The Morgan fingerprint density at radius 2 is 1.84 bits per heavy atom. The van der Waals surface area contributed by atoms with E-state index in [1.54, 1.807) is 12.1 Å². The molecule has 0 aliphatic carbocycles. The van der Waals surface area contributed by atoms with E-state index >= 15 is 0 Å². The zero-order valence-electron chi connectivity index (χ0n) is 17.6. The van der Waals surface area contributed by atoms with Gasteiger partial charge in [-0.05, 0) is 61.1 Å². The molecule has 0 unspecified atom stereocenters. The van der Waals surface area contributed by atoms with E-state index in [1.807, 2.05) is 6.92 Å². The maximum Gasteiger partial charge on any atom is 0.251 e. The van der Waals surface area contributed by atoms with Gasteiger partial charge in [-0.3, -0.25) is 4.79 Å². The van der Waals surface area contributed by atoms with Crippen LogP contribution in [0.5, 0.6) is 0 Å². The van der Waals surface area contributed by atoms with Crippen LogP contribution >= 0.6 is 11.6 Å². The Morgan fingerprint density at radius 3 is 2.47 bits per heavy atom. The second kappa shape index (κ2) is 9.88. The van der Waals surface area contributed by atoms with Crippen LogP contribution in [-0.2, 0) is 26.5 Å². The molecule has 8 nitrogen and oxygen atoms in total. The number of carbonyl (C=O) groups excluding carboxylic acids is 1. The molecular weight excluding hydrogens is 474 g/mol. The molecule has 11 heteroatoms. The van der Waals surface area contributed by atoms with Crippen molar-refractivity contribution in [2.45, 2.75) is 36.0 Å². The summed E-state index contributed by atoms with van der Waals surface area (Å²) in [4.78, 5) is 12.5. The molecule has 1 aliphatic rings. The molecule has 3 N–H and O–H groups in total. The number of nitrogens with two attached hydrogens (primary N) is 1. The first-order valence-corrected chi connectivity index (χ1v) is 13.5. The minimum atomic E-state index is -3.80. The third-order valence-electron chi connectivity index (χ3n) is 5.38. The number of carbonyl (C=O) groups is 1. The molecule has 1 heterocycles. The Hall–Kier alpha value is -1.98. The first kappa shape index (κ1) is 24.7. The lowest BCUT2D eigenvalue weighted by Gasteiger charge is -2.30. The first-order chi connectivity index (χ1) is 15.0. The monoisotopic (exact) mass is 499 g/mol. The number of nitrogens with one attached hydrogen (secondary N) is 1. The van der Waals surface area contributed by atoms with Crippen molar-refractivity contribution in [3.05, 3.63) is 58.6 Å². The molecule has 0 bridgehead atoms. The first-order valence-electron chi connectivity index (χ1n) is 10.2. The summed E-state index contributed by atoms with van der Waals surface area (Å²) in [7, 11) is -7.55. The number of benzene rings is 2. The highest BCUT2D eigenvalue weighted by molar-refractivity contribution is 7.89. The fourth-order valence-corrected chi connectivity index (χ4v) is 6.23. The fourth-order valence-electron chi connectivity index (χ4n) is 3.61. The lowest BCUT2D eigenvalue weighted by Crippen LogP contribution is -2.39. The van der Waals surface area contributed by atoms with Gasteiger partial charge in [0.25, 0.3) is 5.91 Å². The van der Waals surface area contributed by atoms with E-state index < -0.39 is 26.0 Å². The SMILES string of the molecule is C[C@@H]1CCCN(S(=O)(=O)c2cc(C(=O)NCCc3ccc(S(N)(=O)=O)cc3)ccc2Cl)C1. The van der Waals surface area contributed by atoms with Gasteiger partial charge in [-0.1, -0.05) is 30.7 Å². The standard InChI is InChI=1S/C21H26ClN3O5S2/c1-15-3-2-12-25(14-15)32(29,30)20-13-17(6-9-19(20)22)21(26)24-11-10-16-4-7-18(8-5-16)31(23,27)28/h4-9,13,15H,2-3,10-12,14H2,1H3,(H,24,26)(H2,23,27,28)/t15-/m1/s1. The number of primary sulfonamides is 1. The minimum absolute atomic E-state index is 0.0169. The summed E-state index contributed by atoms with van der Waals surface area (Å²) >= 11 is 6.18. The van der Waals surface area contributed by atoms with Crippen molar-refractivity contribution < 1.29 is 21.6 Å². The van der Waals surface area contributed by atoms with Gasteiger partial charge in [0.1, 0.15) is 4.90 Å². The van der Waals surface area contributed by atoms with Crippen molar-refractivity contribution in [1.82, 2.24) is 9.62 Å². The number of hydrogen-bond acceptors (Lipinski definition) is 5. The predicted octanol–water partition coefficient (Wildman–Crippen LogP) is 2.38. The number of amides is 1. The van der Waals surface area contributed by atoms with Gasteiger partial charge in [0.05, 0.1) is 9.92 Å². The Morgan fingerprint density at radius 1 is 1.16 bits per heavy atom. The normalized spacial score (nSPS) is 17.8. The third kappa shape index (κ3) is 5.87. The number of halogens is 1. The smallest absolute Gasteiger partial charge is 0.251 e. The van der Waals surface area contributed by atoms with Crippen LogP contribution in [0.25, 0.3) is 0 Å². The van der Waals surface area contributed by atoms with Gasteiger partial charge in [-0.15, -0.1) is 0 Å². The molecule has 174 valence electrons. The van der Waals surface area contributed by atoms with Crippen molar-refractivity contribution in [2.75, 3.05) is 19.6 Å². The molecule has 0 radical (unpaired) electrons. The molecule has 1 fully saturated rings. The molecule has 1 saturated heterocycles. The van der Waals surface area contributed by atoms with Crippen LogP contribution in [0.15, 0.2) is 52.3 Å².